The predicted molar refractivity (Wildman–Crippen MR) is 180 cm³/mol. The molecule has 10 heteroatoms. The average molecular weight is 643 g/mol. The predicted octanol–water partition coefficient (Wildman–Crippen LogP) is 6.52. The third kappa shape index (κ3) is 4.95. The Morgan fingerprint density at radius 1 is 0.875 bits per heavy atom. The fourth-order valence-electron chi connectivity index (χ4n) is 7.57. The highest BCUT2D eigenvalue weighted by molar-refractivity contribution is 6.25. The number of phenols is 1. The van der Waals surface area contributed by atoms with Crippen LogP contribution in [0.3, 0.4) is 0 Å². The number of azo groups is 1. The highest BCUT2D eigenvalue weighted by Crippen LogP contribution is 2.57. The van der Waals surface area contributed by atoms with E-state index in [9.17, 15) is 24.3 Å². The Hall–Kier alpha value is -5.64. The quantitative estimate of drug-likeness (QED) is 0.140. The van der Waals surface area contributed by atoms with Crippen LogP contribution in [0.5, 0.6) is 11.5 Å². The van der Waals surface area contributed by atoms with Crippen LogP contribution < -0.4 is 14.5 Å². The number of hydrogen-bond donors (Lipinski definition) is 1. The van der Waals surface area contributed by atoms with Crippen molar-refractivity contribution in [2.75, 3.05) is 31.0 Å². The van der Waals surface area contributed by atoms with Crippen LogP contribution in [0.4, 0.5) is 22.7 Å². The Kier molecular flexibility index (Phi) is 7.66. The molecule has 0 radical (unpaired) electrons. The molecule has 3 aromatic rings. The summed E-state index contributed by atoms with van der Waals surface area (Å²) >= 11 is 0. The van der Waals surface area contributed by atoms with E-state index in [-0.39, 0.29) is 42.0 Å². The number of benzene rings is 3. The van der Waals surface area contributed by atoms with Crippen molar-refractivity contribution in [2.45, 2.75) is 25.7 Å². The molecule has 3 aliphatic carbocycles. The van der Waals surface area contributed by atoms with Crippen molar-refractivity contribution in [3.63, 3.8) is 0 Å². The first kappa shape index (κ1) is 31.0. The molecule has 1 N–H and O–H groups in total. The van der Waals surface area contributed by atoms with Crippen LogP contribution in [-0.2, 0) is 19.2 Å². The van der Waals surface area contributed by atoms with Crippen molar-refractivity contribution in [1.29, 1.82) is 0 Å². The van der Waals surface area contributed by atoms with E-state index in [1.807, 2.05) is 49.3 Å². The number of fused-ring (bicyclic) bond motifs is 3. The number of nitrogens with zero attached hydrogens (tertiary/aromatic N) is 4. The van der Waals surface area contributed by atoms with Gasteiger partial charge in [-0.3, -0.25) is 24.1 Å². The number of imide groups is 1. The van der Waals surface area contributed by atoms with Gasteiger partial charge in [-0.2, -0.15) is 10.2 Å². The minimum absolute atomic E-state index is 0.0836. The molecule has 4 aliphatic rings. The lowest BCUT2D eigenvalue weighted by Gasteiger charge is -2.42. The minimum atomic E-state index is -0.808. The normalized spacial score (nSPS) is 23.5. The molecule has 4 atom stereocenters. The van der Waals surface area contributed by atoms with E-state index in [1.165, 1.54) is 24.2 Å². The number of ketones is 2. The largest absolute Gasteiger partial charge is 0.507 e. The van der Waals surface area contributed by atoms with Gasteiger partial charge in [0.05, 0.1) is 36.0 Å². The molecule has 3 aromatic carbocycles. The van der Waals surface area contributed by atoms with E-state index < -0.39 is 23.7 Å². The summed E-state index contributed by atoms with van der Waals surface area (Å²) in [6.45, 7) is 1.60. The zero-order valence-electron chi connectivity index (χ0n) is 27.0. The number of amides is 2. The van der Waals surface area contributed by atoms with Gasteiger partial charge < -0.3 is 14.7 Å². The summed E-state index contributed by atoms with van der Waals surface area (Å²) < 4.78 is 5.62. The highest BCUT2D eigenvalue weighted by Gasteiger charge is 2.57. The van der Waals surface area contributed by atoms with E-state index in [1.54, 1.807) is 43.3 Å². The topological polar surface area (TPSA) is 129 Å². The zero-order chi connectivity index (χ0) is 33.9. The molecular formula is C38H34N4O6. The number of phenolic OH excluding ortho intramolecular Hbond substituents is 1. The fraction of sp³-hybridized carbons (Fsp3) is 0.263. The van der Waals surface area contributed by atoms with Crippen molar-refractivity contribution >= 4 is 46.1 Å². The number of allylic oxidation sites excluding steroid dienone is 6. The number of ether oxygens (including phenoxy) is 1. The summed E-state index contributed by atoms with van der Waals surface area (Å²) in [5.41, 5.74) is 4.76. The van der Waals surface area contributed by atoms with Crippen LogP contribution in [-0.4, -0.2) is 49.7 Å². The van der Waals surface area contributed by atoms with Gasteiger partial charge in [-0.05, 0) is 92.4 Å². The summed E-state index contributed by atoms with van der Waals surface area (Å²) in [4.78, 5) is 58.5. The van der Waals surface area contributed by atoms with E-state index >= 15 is 0 Å². The van der Waals surface area contributed by atoms with Gasteiger partial charge in [-0.1, -0.05) is 17.7 Å². The molecule has 1 fully saturated rings. The molecule has 0 spiro atoms. The summed E-state index contributed by atoms with van der Waals surface area (Å²) in [5, 5.41) is 19.7. The van der Waals surface area contributed by atoms with Gasteiger partial charge in [0.25, 0.3) is 0 Å². The summed E-state index contributed by atoms with van der Waals surface area (Å²) in [7, 11) is 5.40. The second kappa shape index (κ2) is 11.9. The molecule has 0 saturated carbocycles. The molecule has 1 aliphatic heterocycles. The standard InChI is InChI=1S/C38H34N4O6/c1-20-18-30(44)33-28(36(20)45)19-27-25(34(33)35-29(43)6-5-7-31(35)48-4)16-17-26-32(27)38(47)42(37(26)46)24-14-10-22(11-15-24)40-39-21-8-12-23(13-9-21)41(2)3/h5-16,18,26-27,32,34,43H,17,19H2,1-4H3/t26-,27+,32-,34-/m0/s1. The number of carbonyl (C=O) groups is 4. The lowest BCUT2D eigenvalue weighted by atomic mass is 9.59. The van der Waals surface area contributed by atoms with Crippen molar-refractivity contribution in [2.24, 2.45) is 28.0 Å². The lowest BCUT2D eigenvalue weighted by molar-refractivity contribution is -0.123. The molecule has 1 heterocycles. The Morgan fingerprint density at radius 2 is 1.54 bits per heavy atom. The molecule has 0 bridgehead atoms. The maximum Gasteiger partial charge on any atom is 0.238 e. The van der Waals surface area contributed by atoms with Crippen LogP contribution in [0.2, 0.25) is 0 Å². The van der Waals surface area contributed by atoms with Gasteiger partial charge in [0.2, 0.25) is 11.8 Å². The second-order valence-corrected chi connectivity index (χ2v) is 12.8. The fourth-order valence-corrected chi connectivity index (χ4v) is 7.57. The molecule has 242 valence electrons. The molecule has 0 aromatic heterocycles. The summed E-state index contributed by atoms with van der Waals surface area (Å²) in [5.74, 6) is -3.68. The Balaban J connectivity index is 1.21. The zero-order valence-corrected chi connectivity index (χ0v) is 27.0. The van der Waals surface area contributed by atoms with Gasteiger partial charge in [0.15, 0.2) is 11.6 Å². The number of hydrogen-bond acceptors (Lipinski definition) is 9. The van der Waals surface area contributed by atoms with E-state index in [0.29, 0.717) is 45.1 Å². The van der Waals surface area contributed by atoms with Crippen molar-refractivity contribution < 1.29 is 29.0 Å². The Bertz CT molecular complexity index is 2010. The van der Waals surface area contributed by atoms with Gasteiger partial charge in [-0.25, -0.2) is 0 Å². The Labute approximate surface area is 277 Å². The number of carbonyl (C=O) groups excluding carboxylic acids is 4. The molecule has 2 amide bonds. The van der Waals surface area contributed by atoms with Crippen LogP contribution >= 0.6 is 0 Å². The van der Waals surface area contributed by atoms with Crippen molar-refractivity contribution in [3.8, 4) is 11.5 Å². The van der Waals surface area contributed by atoms with Crippen molar-refractivity contribution in [3.05, 3.63) is 107 Å². The second-order valence-electron chi connectivity index (χ2n) is 12.8. The number of anilines is 2. The maximum atomic E-state index is 14.3. The SMILES string of the molecule is COc1cccc(O)c1[C@H]1C2=CC[C@@H]3C(=O)N(c4ccc(N=Nc5ccc(N(C)C)cc5)cc4)C(=O)[C@@H]3[C@@H]2CC2=C1C(=O)C=C(C)C2=O. The summed E-state index contributed by atoms with van der Waals surface area (Å²) in [6.07, 6.45) is 3.68. The van der Waals surface area contributed by atoms with Gasteiger partial charge in [0.1, 0.15) is 11.5 Å². The lowest BCUT2D eigenvalue weighted by Crippen LogP contribution is -2.40. The first-order valence-corrected chi connectivity index (χ1v) is 15.8. The monoisotopic (exact) mass is 642 g/mol. The molecule has 48 heavy (non-hydrogen) atoms. The van der Waals surface area contributed by atoms with E-state index in [0.717, 1.165) is 11.3 Å². The Morgan fingerprint density at radius 3 is 2.19 bits per heavy atom. The van der Waals surface area contributed by atoms with Crippen LogP contribution in [0.25, 0.3) is 0 Å². The number of aromatic hydroxyl groups is 1. The average Bonchev–Trinajstić information content (AvgIpc) is 3.34. The third-order valence-corrected chi connectivity index (χ3v) is 9.87. The van der Waals surface area contributed by atoms with E-state index in [4.69, 9.17) is 4.74 Å². The summed E-state index contributed by atoms with van der Waals surface area (Å²) in [6, 6.07) is 19.3. The van der Waals surface area contributed by atoms with Crippen molar-refractivity contribution in [1.82, 2.24) is 0 Å². The van der Waals surface area contributed by atoms with Crippen LogP contribution in [0.1, 0.15) is 31.2 Å². The smallest absolute Gasteiger partial charge is 0.238 e. The molecule has 1 saturated heterocycles. The van der Waals surface area contributed by atoms with Crippen LogP contribution in [0.15, 0.2) is 111 Å². The van der Waals surface area contributed by atoms with E-state index in [2.05, 4.69) is 10.2 Å². The first-order chi connectivity index (χ1) is 23.1. The third-order valence-electron chi connectivity index (χ3n) is 9.87. The van der Waals surface area contributed by atoms with Crippen LogP contribution in [0, 0.1) is 17.8 Å². The number of rotatable bonds is 6. The molecule has 10 nitrogen and oxygen atoms in total. The number of methoxy groups -OCH3 is 1. The highest BCUT2D eigenvalue weighted by atomic mass is 16.5. The number of Topliss-reactive ketones (excluding diaryl/α,β-unsaturated/α-hetero) is 1. The van der Waals surface area contributed by atoms with Gasteiger partial charge in [-0.15, -0.1) is 0 Å². The molecule has 0 unspecified atom stereocenters. The van der Waals surface area contributed by atoms with Gasteiger partial charge in [0, 0.05) is 48.0 Å². The maximum absolute atomic E-state index is 14.3. The minimum Gasteiger partial charge on any atom is -0.507 e. The first-order valence-electron chi connectivity index (χ1n) is 15.8. The van der Waals surface area contributed by atoms with Gasteiger partial charge >= 0.3 is 0 Å². The molecule has 7 rings (SSSR count). The molecular weight excluding hydrogens is 608 g/mol.